The first-order chi connectivity index (χ1) is 10.1. The molecule has 0 aromatic carbocycles. The SMILES string of the molecule is CC(C)Cn1ccnc(N2CCCN(CCBr)CC2)c1=O. The minimum Gasteiger partial charge on any atom is -0.351 e. The molecule has 2 rings (SSSR count). The zero-order valence-electron chi connectivity index (χ0n) is 13.0. The molecule has 0 spiro atoms. The first-order valence-corrected chi connectivity index (χ1v) is 8.82. The highest BCUT2D eigenvalue weighted by atomic mass is 79.9. The van der Waals surface area contributed by atoms with Crippen molar-refractivity contribution >= 4 is 21.7 Å². The molecule has 0 saturated carbocycles. The topological polar surface area (TPSA) is 41.4 Å². The lowest BCUT2D eigenvalue weighted by Crippen LogP contribution is -2.37. The Bertz CT molecular complexity index is 503. The summed E-state index contributed by atoms with van der Waals surface area (Å²) in [6.45, 7) is 9.92. The summed E-state index contributed by atoms with van der Waals surface area (Å²) in [4.78, 5) is 21.5. The highest BCUT2D eigenvalue weighted by Crippen LogP contribution is 2.10. The van der Waals surface area contributed by atoms with Crippen molar-refractivity contribution in [1.82, 2.24) is 14.5 Å². The molecule has 118 valence electrons. The second-order valence-electron chi connectivity index (χ2n) is 5.97. The zero-order valence-corrected chi connectivity index (χ0v) is 14.5. The van der Waals surface area contributed by atoms with E-state index < -0.39 is 0 Å². The monoisotopic (exact) mass is 356 g/mol. The molecule has 0 radical (unpaired) electrons. The molecule has 0 bridgehead atoms. The maximum atomic E-state index is 12.6. The Morgan fingerprint density at radius 1 is 1.29 bits per heavy atom. The fraction of sp³-hybridized carbons (Fsp3) is 0.733. The smallest absolute Gasteiger partial charge is 0.293 e. The van der Waals surface area contributed by atoms with Gasteiger partial charge in [-0.25, -0.2) is 4.98 Å². The summed E-state index contributed by atoms with van der Waals surface area (Å²) in [5, 5.41) is 0.998. The van der Waals surface area contributed by atoms with Crippen LogP contribution in [0.5, 0.6) is 0 Å². The fourth-order valence-corrected chi connectivity index (χ4v) is 3.22. The van der Waals surface area contributed by atoms with Gasteiger partial charge in [-0.3, -0.25) is 4.79 Å². The summed E-state index contributed by atoms with van der Waals surface area (Å²) < 4.78 is 1.79. The molecule has 21 heavy (non-hydrogen) atoms. The van der Waals surface area contributed by atoms with Crippen LogP contribution in [0.4, 0.5) is 5.82 Å². The third kappa shape index (κ3) is 4.54. The van der Waals surface area contributed by atoms with E-state index in [9.17, 15) is 4.79 Å². The van der Waals surface area contributed by atoms with Crippen molar-refractivity contribution in [2.75, 3.05) is 43.0 Å². The van der Waals surface area contributed by atoms with E-state index in [0.29, 0.717) is 11.7 Å². The Morgan fingerprint density at radius 3 is 2.81 bits per heavy atom. The predicted octanol–water partition coefficient (Wildman–Crippen LogP) is 1.81. The maximum Gasteiger partial charge on any atom is 0.293 e. The second-order valence-corrected chi connectivity index (χ2v) is 6.77. The Balaban J connectivity index is 2.12. The molecule has 0 atom stereocenters. The van der Waals surface area contributed by atoms with E-state index in [1.54, 1.807) is 17.0 Å². The molecule has 2 heterocycles. The lowest BCUT2D eigenvalue weighted by atomic mass is 10.2. The van der Waals surface area contributed by atoms with Crippen molar-refractivity contribution in [3.63, 3.8) is 0 Å². The Kier molecular flexibility index (Phi) is 6.23. The van der Waals surface area contributed by atoms with E-state index in [4.69, 9.17) is 0 Å². The zero-order chi connectivity index (χ0) is 15.2. The Labute approximate surface area is 135 Å². The molecule has 1 aromatic heterocycles. The molecule has 6 heteroatoms. The molecule has 0 unspecified atom stereocenters. The van der Waals surface area contributed by atoms with Crippen molar-refractivity contribution in [2.24, 2.45) is 5.92 Å². The van der Waals surface area contributed by atoms with Gasteiger partial charge in [0.15, 0.2) is 5.82 Å². The van der Waals surface area contributed by atoms with Crippen LogP contribution in [0.1, 0.15) is 20.3 Å². The largest absolute Gasteiger partial charge is 0.351 e. The average molecular weight is 357 g/mol. The van der Waals surface area contributed by atoms with Gasteiger partial charge in [-0.15, -0.1) is 0 Å². The van der Waals surface area contributed by atoms with E-state index in [2.05, 4.69) is 44.6 Å². The van der Waals surface area contributed by atoms with Gasteiger partial charge in [-0.1, -0.05) is 29.8 Å². The van der Waals surface area contributed by atoms with Crippen LogP contribution in [0, 0.1) is 5.92 Å². The van der Waals surface area contributed by atoms with Gasteiger partial charge in [0, 0.05) is 50.4 Å². The van der Waals surface area contributed by atoms with Gasteiger partial charge in [-0.05, 0) is 18.9 Å². The Morgan fingerprint density at radius 2 is 2.10 bits per heavy atom. The summed E-state index contributed by atoms with van der Waals surface area (Å²) in [5.41, 5.74) is 0.0418. The summed E-state index contributed by atoms with van der Waals surface area (Å²) in [6, 6.07) is 0. The van der Waals surface area contributed by atoms with Crippen molar-refractivity contribution in [3.05, 3.63) is 22.7 Å². The van der Waals surface area contributed by atoms with Crippen molar-refractivity contribution in [2.45, 2.75) is 26.8 Å². The molecule has 1 fully saturated rings. The van der Waals surface area contributed by atoms with Gasteiger partial charge in [0.2, 0.25) is 0 Å². The number of anilines is 1. The van der Waals surface area contributed by atoms with Gasteiger partial charge in [0.1, 0.15) is 0 Å². The molecule has 1 saturated heterocycles. The molecule has 5 nitrogen and oxygen atoms in total. The number of rotatable bonds is 5. The molecule has 0 aliphatic carbocycles. The molecular formula is C15H25BrN4O. The summed E-state index contributed by atoms with van der Waals surface area (Å²) >= 11 is 3.49. The second kappa shape index (κ2) is 7.94. The molecule has 0 N–H and O–H groups in total. The van der Waals surface area contributed by atoms with E-state index in [1.165, 1.54) is 0 Å². The normalized spacial score (nSPS) is 17.2. The van der Waals surface area contributed by atoms with E-state index >= 15 is 0 Å². The van der Waals surface area contributed by atoms with Crippen LogP contribution in [0.3, 0.4) is 0 Å². The minimum absolute atomic E-state index is 0.0418. The van der Waals surface area contributed by atoms with Crippen LogP contribution in [0.2, 0.25) is 0 Å². The van der Waals surface area contributed by atoms with Crippen LogP contribution < -0.4 is 10.5 Å². The van der Waals surface area contributed by atoms with Crippen molar-refractivity contribution in [1.29, 1.82) is 0 Å². The molecule has 1 aromatic rings. The maximum absolute atomic E-state index is 12.6. The van der Waals surface area contributed by atoms with Crippen LogP contribution in [-0.2, 0) is 6.54 Å². The number of hydrogen-bond acceptors (Lipinski definition) is 4. The first kappa shape index (κ1) is 16.5. The van der Waals surface area contributed by atoms with Crippen LogP contribution in [0.25, 0.3) is 0 Å². The van der Waals surface area contributed by atoms with Gasteiger partial charge < -0.3 is 14.4 Å². The molecule has 1 aliphatic rings. The number of nitrogens with zero attached hydrogens (tertiary/aromatic N) is 4. The number of aromatic nitrogens is 2. The standard InChI is InChI=1S/C15H25BrN4O/c1-13(2)12-20-9-5-17-14(15(20)21)19-7-3-6-18(8-4-16)10-11-19/h5,9,13H,3-4,6-8,10-12H2,1-2H3. The summed E-state index contributed by atoms with van der Waals surface area (Å²) in [6.07, 6.45) is 4.62. The number of halogens is 1. The van der Waals surface area contributed by atoms with Crippen LogP contribution in [0.15, 0.2) is 17.2 Å². The van der Waals surface area contributed by atoms with Crippen LogP contribution >= 0.6 is 15.9 Å². The summed E-state index contributed by atoms with van der Waals surface area (Å²) in [5.74, 6) is 1.07. The lowest BCUT2D eigenvalue weighted by Gasteiger charge is -2.22. The fourth-order valence-electron chi connectivity index (χ4n) is 2.72. The highest BCUT2D eigenvalue weighted by molar-refractivity contribution is 9.09. The third-order valence-electron chi connectivity index (χ3n) is 3.75. The minimum atomic E-state index is 0.0418. The number of alkyl halides is 1. The molecule has 0 amide bonds. The third-order valence-corrected chi connectivity index (χ3v) is 4.10. The quantitative estimate of drug-likeness (QED) is 0.754. The molecular weight excluding hydrogens is 332 g/mol. The number of hydrogen-bond donors (Lipinski definition) is 0. The molecule has 1 aliphatic heterocycles. The van der Waals surface area contributed by atoms with Gasteiger partial charge in [-0.2, -0.15) is 0 Å². The first-order valence-electron chi connectivity index (χ1n) is 7.70. The Hall–Kier alpha value is -0.880. The average Bonchev–Trinajstić information content (AvgIpc) is 2.67. The van der Waals surface area contributed by atoms with Gasteiger partial charge in [0.05, 0.1) is 0 Å². The van der Waals surface area contributed by atoms with E-state index in [1.807, 2.05) is 0 Å². The van der Waals surface area contributed by atoms with Crippen molar-refractivity contribution in [3.8, 4) is 0 Å². The van der Waals surface area contributed by atoms with Crippen molar-refractivity contribution < 1.29 is 0 Å². The predicted molar refractivity (Wildman–Crippen MR) is 90.4 cm³/mol. The van der Waals surface area contributed by atoms with Gasteiger partial charge >= 0.3 is 0 Å². The highest BCUT2D eigenvalue weighted by Gasteiger charge is 2.18. The van der Waals surface area contributed by atoms with Gasteiger partial charge in [0.25, 0.3) is 5.56 Å². The summed E-state index contributed by atoms with van der Waals surface area (Å²) in [7, 11) is 0. The van der Waals surface area contributed by atoms with Crippen LogP contribution in [-0.4, -0.2) is 52.5 Å². The van der Waals surface area contributed by atoms with E-state index in [-0.39, 0.29) is 5.56 Å². The lowest BCUT2D eigenvalue weighted by molar-refractivity contribution is 0.313. The van der Waals surface area contributed by atoms with E-state index in [0.717, 1.165) is 51.0 Å².